The van der Waals surface area contributed by atoms with Crippen molar-refractivity contribution in [2.75, 3.05) is 11.1 Å². The van der Waals surface area contributed by atoms with E-state index in [1.54, 1.807) is 29.2 Å². The van der Waals surface area contributed by atoms with Crippen LogP contribution in [0.15, 0.2) is 36.7 Å². The van der Waals surface area contributed by atoms with Gasteiger partial charge in [-0.2, -0.15) is 5.10 Å². The van der Waals surface area contributed by atoms with Crippen LogP contribution in [0.3, 0.4) is 0 Å². The fraction of sp³-hybridized carbons (Fsp3) is 0.143. The number of amides is 1. The van der Waals surface area contributed by atoms with Crippen molar-refractivity contribution in [1.82, 2.24) is 14.8 Å². The summed E-state index contributed by atoms with van der Waals surface area (Å²) in [6.07, 6.45) is 3.42. The van der Waals surface area contributed by atoms with E-state index in [1.165, 1.54) is 0 Å². The summed E-state index contributed by atoms with van der Waals surface area (Å²) in [6.45, 7) is 2.75. The minimum atomic E-state index is -0.199. The third kappa shape index (κ3) is 2.23. The van der Waals surface area contributed by atoms with Gasteiger partial charge in [-0.25, -0.2) is 0 Å². The van der Waals surface area contributed by atoms with Gasteiger partial charge in [0.05, 0.1) is 11.9 Å². The van der Waals surface area contributed by atoms with E-state index in [1.807, 2.05) is 19.1 Å². The SMILES string of the molecule is CCn1cc(NC(=O)c2cc3cc(N)ccc3[nH]2)cn1. The van der Waals surface area contributed by atoms with Gasteiger partial charge in [0.2, 0.25) is 0 Å². The Bertz CT molecular complexity index is 771. The Balaban J connectivity index is 1.84. The monoisotopic (exact) mass is 269 g/mol. The van der Waals surface area contributed by atoms with Gasteiger partial charge in [0.25, 0.3) is 5.91 Å². The Morgan fingerprint density at radius 2 is 2.30 bits per heavy atom. The smallest absolute Gasteiger partial charge is 0.272 e. The molecule has 0 atom stereocenters. The third-order valence-electron chi connectivity index (χ3n) is 3.10. The van der Waals surface area contributed by atoms with Crippen LogP contribution in [0.25, 0.3) is 10.9 Å². The maximum absolute atomic E-state index is 12.2. The Morgan fingerprint density at radius 1 is 1.45 bits per heavy atom. The number of hydrogen-bond acceptors (Lipinski definition) is 3. The number of nitrogens with zero attached hydrogens (tertiary/aromatic N) is 2. The summed E-state index contributed by atoms with van der Waals surface area (Å²) in [4.78, 5) is 15.2. The summed E-state index contributed by atoms with van der Waals surface area (Å²) in [5.74, 6) is -0.199. The van der Waals surface area contributed by atoms with Crippen LogP contribution in [0.4, 0.5) is 11.4 Å². The second kappa shape index (κ2) is 4.73. The fourth-order valence-electron chi connectivity index (χ4n) is 2.07. The van der Waals surface area contributed by atoms with Gasteiger partial charge in [-0.05, 0) is 31.2 Å². The molecule has 0 saturated carbocycles. The van der Waals surface area contributed by atoms with Gasteiger partial charge in [0.1, 0.15) is 5.69 Å². The zero-order chi connectivity index (χ0) is 14.1. The minimum absolute atomic E-state index is 0.199. The van der Waals surface area contributed by atoms with Crippen LogP contribution < -0.4 is 11.1 Å². The molecule has 0 aliphatic rings. The number of aromatic nitrogens is 3. The number of anilines is 2. The first kappa shape index (κ1) is 12.3. The normalized spacial score (nSPS) is 10.8. The highest BCUT2D eigenvalue weighted by Crippen LogP contribution is 2.19. The highest BCUT2D eigenvalue weighted by atomic mass is 16.1. The molecular formula is C14H15N5O. The van der Waals surface area contributed by atoms with Crippen LogP contribution in [0.2, 0.25) is 0 Å². The van der Waals surface area contributed by atoms with Gasteiger partial charge in [0.15, 0.2) is 0 Å². The van der Waals surface area contributed by atoms with E-state index in [0.29, 0.717) is 17.1 Å². The summed E-state index contributed by atoms with van der Waals surface area (Å²) < 4.78 is 1.75. The van der Waals surface area contributed by atoms with Crippen molar-refractivity contribution in [1.29, 1.82) is 0 Å². The number of H-pyrrole nitrogens is 1. The topological polar surface area (TPSA) is 88.7 Å². The van der Waals surface area contributed by atoms with E-state index in [4.69, 9.17) is 5.73 Å². The van der Waals surface area contributed by atoms with Gasteiger partial charge < -0.3 is 16.0 Å². The standard InChI is InChI=1S/C14H15N5O/c1-2-19-8-11(7-16-19)17-14(20)13-6-9-5-10(15)3-4-12(9)18-13/h3-8,18H,2,15H2,1H3,(H,17,20). The number of carbonyl (C=O) groups excluding carboxylic acids is 1. The van der Waals surface area contributed by atoms with Crippen molar-refractivity contribution in [3.05, 3.63) is 42.4 Å². The molecule has 0 aliphatic carbocycles. The number of carbonyl (C=O) groups is 1. The molecular weight excluding hydrogens is 254 g/mol. The number of benzene rings is 1. The number of rotatable bonds is 3. The van der Waals surface area contributed by atoms with Crippen molar-refractivity contribution in [3.8, 4) is 0 Å². The number of nitrogens with two attached hydrogens (primary N) is 1. The minimum Gasteiger partial charge on any atom is -0.399 e. The molecule has 0 bridgehead atoms. The number of aromatic amines is 1. The quantitative estimate of drug-likeness (QED) is 0.637. The maximum Gasteiger partial charge on any atom is 0.272 e. The molecule has 2 heterocycles. The second-order valence-electron chi connectivity index (χ2n) is 4.57. The molecule has 0 radical (unpaired) electrons. The summed E-state index contributed by atoms with van der Waals surface area (Å²) >= 11 is 0. The number of hydrogen-bond donors (Lipinski definition) is 3. The molecule has 0 saturated heterocycles. The van der Waals surface area contributed by atoms with Gasteiger partial charge in [-0.15, -0.1) is 0 Å². The van der Waals surface area contributed by atoms with Gasteiger partial charge >= 0.3 is 0 Å². The van der Waals surface area contributed by atoms with E-state index in [2.05, 4.69) is 15.4 Å². The molecule has 1 aromatic carbocycles. The largest absolute Gasteiger partial charge is 0.399 e. The third-order valence-corrected chi connectivity index (χ3v) is 3.10. The molecule has 3 aromatic rings. The molecule has 0 fully saturated rings. The molecule has 3 rings (SSSR count). The average Bonchev–Trinajstić information content (AvgIpc) is 3.04. The van der Waals surface area contributed by atoms with E-state index in [9.17, 15) is 4.79 Å². The summed E-state index contributed by atoms with van der Waals surface area (Å²) in [5.41, 5.74) is 8.45. The molecule has 0 spiro atoms. The lowest BCUT2D eigenvalue weighted by Gasteiger charge is -1.99. The van der Waals surface area contributed by atoms with Crippen molar-refractivity contribution in [3.63, 3.8) is 0 Å². The zero-order valence-corrected chi connectivity index (χ0v) is 11.1. The Morgan fingerprint density at radius 3 is 3.05 bits per heavy atom. The lowest BCUT2D eigenvalue weighted by Crippen LogP contribution is -2.11. The van der Waals surface area contributed by atoms with Crippen molar-refractivity contribution < 1.29 is 4.79 Å². The van der Waals surface area contributed by atoms with E-state index >= 15 is 0 Å². The van der Waals surface area contributed by atoms with E-state index in [-0.39, 0.29) is 5.91 Å². The van der Waals surface area contributed by atoms with Crippen LogP contribution in [0.5, 0.6) is 0 Å². The van der Waals surface area contributed by atoms with Gasteiger partial charge in [0, 0.05) is 29.3 Å². The molecule has 0 unspecified atom stereocenters. The van der Waals surface area contributed by atoms with Crippen molar-refractivity contribution in [2.24, 2.45) is 0 Å². The lowest BCUT2D eigenvalue weighted by atomic mass is 10.2. The molecule has 1 amide bonds. The lowest BCUT2D eigenvalue weighted by molar-refractivity contribution is 0.102. The molecule has 4 N–H and O–H groups in total. The highest BCUT2D eigenvalue weighted by Gasteiger charge is 2.10. The van der Waals surface area contributed by atoms with Crippen LogP contribution in [-0.2, 0) is 6.54 Å². The van der Waals surface area contributed by atoms with Crippen LogP contribution in [0.1, 0.15) is 17.4 Å². The molecule has 2 aromatic heterocycles. The molecule has 6 nitrogen and oxygen atoms in total. The second-order valence-corrected chi connectivity index (χ2v) is 4.57. The summed E-state index contributed by atoms with van der Waals surface area (Å²) in [6, 6.07) is 7.27. The highest BCUT2D eigenvalue weighted by molar-refractivity contribution is 6.06. The number of nitrogens with one attached hydrogen (secondary N) is 2. The van der Waals surface area contributed by atoms with Crippen LogP contribution >= 0.6 is 0 Å². The van der Waals surface area contributed by atoms with Crippen LogP contribution in [0, 0.1) is 0 Å². The molecule has 6 heteroatoms. The maximum atomic E-state index is 12.2. The Kier molecular flexibility index (Phi) is 2.90. The van der Waals surface area contributed by atoms with Crippen molar-refractivity contribution >= 4 is 28.2 Å². The fourth-order valence-corrected chi connectivity index (χ4v) is 2.07. The first-order valence-electron chi connectivity index (χ1n) is 6.38. The first-order valence-corrected chi connectivity index (χ1v) is 6.38. The van der Waals surface area contributed by atoms with Gasteiger partial charge in [-0.3, -0.25) is 9.48 Å². The predicted octanol–water partition coefficient (Wildman–Crippen LogP) is 2.22. The molecule has 20 heavy (non-hydrogen) atoms. The van der Waals surface area contributed by atoms with Crippen molar-refractivity contribution in [2.45, 2.75) is 13.5 Å². The number of fused-ring (bicyclic) bond motifs is 1. The van der Waals surface area contributed by atoms with Gasteiger partial charge in [-0.1, -0.05) is 0 Å². The summed E-state index contributed by atoms with van der Waals surface area (Å²) in [5, 5.41) is 7.83. The zero-order valence-electron chi connectivity index (χ0n) is 11.1. The van der Waals surface area contributed by atoms with E-state index in [0.717, 1.165) is 17.4 Å². The number of aryl methyl sites for hydroxylation is 1. The van der Waals surface area contributed by atoms with Crippen LogP contribution in [-0.4, -0.2) is 20.7 Å². The average molecular weight is 269 g/mol. The summed E-state index contributed by atoms with van der Waals surface area (Å²) in [7, 11) is 0. The predicted molar refractivity (Wildman–Crippen MR) is 78.6 cm³/mol. The molecule has 0 aliphatic heterocycles. The Labute approximate surface area is 115 Å². The Hall–Kier alpha value is -2.76. The molecule has 102 valence electrons. The number of nitrogen functional groups attached to an aromatic ring is 1. The van der Waals surface area contributed by atoms with E-state index < -0.39 is 0 Å². The first-order chi connectivity index (χ1) is 9.65.